The first-order valence-electron chi connectivity index (χ1n) is 7.86. The van der Waals surface area contributed by atoms with Gasteiger partial charge in [0.1, 0.15) is 5.75 Å². The Labute approximate surface area is 136 Å². The van der Waals surface area contributed by atoms with Crippen molar-refractivity contribution in [3.63, 3.8) is 0 Å². The molecular formula is C17H23NO5. The molecule has 1 aliphatic rings. The van der Waals surface area contributed by atoms with Gasteiger partial charge in [0.2, 0.25) is 0 Å². The van der Waals surface area contributed by atoms with Crippen LogP contribution in [0.5, 0.6) is 5.75 Å². The van der Waals surface area contributed by atoms with Gasteiger partial charge in [-0.15, -0.1) is 0 Å². The summed E-state index contributed by atoms with van der Waals surface area (Å²) in [6, 6.07) is 6.64. The molecule has 126 valence electrons. The van der Waals surface area contributed by atoms with Gasteiger partial charge in [0, 0.05) is 13.2 Å². The second kappa shape index (κ2) is 8.53. The minimum Gasteiger partial charge on any atom is -0.491 e. The quantitative estimate of drug-likeness (QED) is 0.777. The lowest BCUT2D eigenvalue weighted by Crippen LogP contribution is -2.34. The fraction of sp³-hybridized carbons (Fsp3) is 0.529. The van der Waals surface area contributed by atoms with Crippen molar-refractivity contribution in [2.75, 3.05) is 19.8 Å². The van der Waals surface area contributed by atoms with Crippen molar-refractivity contribution in [3.05, 3.63) is 29.8 Å². The van der Waals surface area contributed by atoms with Crippen LogP contribution in [0.1, 0.15) is 37.0 Å². The predicted molar refractivity (Wildman–Crippen MR) is 84.5 cm³/mol. The van der Waals surface area contributed by atoms with Crippen molar-refractivity contribution < 1.29 is 23.8 Å². The third kappa shape index (κ3) is 5.90. The second-order valence-corrected chi connectivity index (χ2v) is 5.71. The number of carbonyl (C=O) groups is 2. The highest BCUT2D eigenvalue weighted by molar-refractivity contribution is 5.91. The van der Waals surface area contributed by atoms with Gasteiger partial charge in [0.15, 0.2) is 6.61 Å². The minimum absolute atomic E-state index is 0.0698. The van der Waals surface area contributed by atoms with Gasteiger partial charge in [-0.1, -0.05) is 0 Å². The van der Waals surface area contributed by atoms with Crippen LogP contribution < -0.4 is 10.1 Å². The Morgan fingerprint density at radius 3 is 2.65 bits per heavy atom. The van der Waals surface area contributed by atoms with Crippen molar-refractivity contribution in [3.8, 4) is 5.75 Å². The van der Waals surface area contributed by atoms with Gasteiger partial charge in [0.25, 0.3) is 5.91 Å². The maximum Gasteiger partial charge on any atom is 0.338 e. The number of benzene rings is 1. The van der Waals surface area contributed by atoms with Gasteiger partial charge in [0.05, 0.1) is 17.8 Å². The fourth-order valence-electron chi connectivity index (χ4n) is 2.24. The molecule has 1 N–H and O–H groups in total. The molecule has 0 aromatic heterocycles. The van der Waals surface area contributed by atoms with Crippen molar-refractivity contribution in [2.45, 2.75) is 38.9 Å². The Kier molecular flexibility index (Phi) is 6.40. The molecule has 1 amide bonds. The minimum atomic E-state index is -0.534. The van der Waals surface area contributed by atoms with Crippen LogP contribution in [-0.2, 0) is 14.3 Å². The molecule has 6 nitrogen and oxygen atoms in total. The monoisotopic (exact) mass is 321 g/mol. The molecule has 2 rings (SSSR count). The first-order valence-corrected chi connectivity index (χ1v) is 7.86. The molecule has 0 saturated carbocycles. The van der Waals surface area contributed by atoms with Gasteiger partial charge in [-0.25, -0.2) is 4.79 Å². The lowest BCUT2D eigenvalue weighted by Gasteiger charge is -2.11. The first-order chi connectivity index (χ1) is 11.0. The number of esters is 1. The number of ether oxygens (including phenoxy) is 3. The highest BCUT2D eigenvalue weighted by Crippen LogP contribution is 2.14. The number of rotatable bonds is 7. The van der Waals surface area contributed by atoms with E-state index in [2.05, 4.69) is 5.32 Å². The average Bonchev–Trinajstić information content (AvgIpc) is 3.04. The highest BCUT2D eigenvalue weighted by atomic mass is 16.5. The number of carbonyl (C=O) groups excluding carboxylic acids is 2. The van der Waals surface area contributed by atoms with Gasteiger partial charge >= 0.3 is 5.97 Å². The molecule has 0 aliphatic carbocycles. The Bertz CT molecular complexity index is 520. The molecule has 0 radical (unpaired) electrons. The maximum atomic E-state index is 11.9. The molecule has 1 aromatic carbocycles. The van der Waals surface area contributed by atoms with Crippen LogP contribution >= 0.6 is 0 Å². The summed E-state index contributed by atoms with van der Waals surface area (Å²) in [7, 11) is 0. The van der Waals surface area contributed by atoms with Crippen LogP contribution in [0.4, 0.5) is 0 Å². The molecule has 1 atom stereocenters. The van der Waals surface area contributed by atoms with Gasteiger partial charge in [-0.2, -0.15) is 0 Å². The molecule has 0 bridgehead atoms. The van der Waals surface area contributed by atoms with E-state index in [0.717, 1.165) is 19.4 Å². The predicted octanol–water partition coefficient (Wildman–Crippen LogP) is 1.93. The highest BCUT2D eigenvalue weighted by Gasteiger charge is 2.17. The lowest BCUT2D eigenvalue weighted by atomic mass is 10.2. The van der Waals surface area contributed by atoms with E-state index in [1.165, 1.54) is 0 Å². The third-order valence-corrected chi connectivity index (χ3v) is 3.35. The van der Waals surface area contributed by atoms with Crippen molar-refractivity contribution >= 4 is 11.9 Å². The topological polar surface area (TPSA) is 73.9 Å². The maximum absolute atomic E-state index is 11.9. The van der Waals surface area contributed by atoms with Gasteiger partial charge < -0.3 is 19.5 Å². The summed E-state index contributed by atoms with van der Waals surface area (Å²) in [5, 5.41) is 2.70. The van der Waals surface area contributed by atoms with Crippen LogP contribution in [0, 0.1) is 0 Å². The Hall–Kier alpha value is -2.08. The van der Waals surface area contributed by atoms with Gasteiger partial charge in [-0.05, 0) is 51.0 Å². The van der Waals surface area contributed by atoms with Crippen LogP contribution in [-0.4, -0.2) is 43.8 Å². The molecule has 1 saturated heterocycles. The molecule has 0 spiro atoms. The third-order valence-electron chi connectivity index (χ3n) is 3.35. The smallest absolute Gasteiger partial charge is 0.338 e. The summed E-state index contributed by atoms with van der Waals surface area (Å²) < 4.78 is 15.9. The molecular weight excluding hydrogens is 298 g/mol. The van der Waals surface area contributed by atoms with E-state index in [0.29, 0.717) is 17.9 Å². The summed E-state index contributed by atoms with van der Waals surface area (Å²) in [5.41, 5.74) is 0.382. The lowest BCUT2D eigenvalue weighted by molar-refractivity contribution is -0.124. The molecule has 1 fully saturated rings. The Morgan fingerprint density at radius 2 is 2.04 bits per heavy atom. The summed E-state index contributed by atoms with van der Waals surface area (Å²) in [6.45, 7) is 4.76. The van der Waals surface area contributed by atoms with E-state index >= 15 is 0 Å². The van der Waals surface area contributed by atoms with E-state index in [1.807, 2.05) is 13.8 Å². The molecule has 1 aliphatic heterocycles. The van der Waals surface area contributed by atoms with Gasteiger partial charge in [-0.3, -0.25) is 4.79 Å². The van der Waals surface area contributed by atoms with Crippen molar-refractivity contribution in [2.24, 2.45) is 0 Å². The molecule has 1 heterocycles. The number of hydrogen-bond donors (Lipinski definition) is 1. The zero-order valence-electron chi connectivity index (χ0n) is 13.5. The van der Waals surface area contributed by atoms with Crippen LogP contribution in [0.15, 0.2) is 24.3 Å². The fourth-order valence-corrected chi connectivity index (χ4v) is 2.24. The number of amides is 1. The molecule has 0 unspecified atom stereocenters. The van der Waals surface area contributed by atoms with Crippen LogP contribution in [0.2, 0.25) is 0 Å². The SMILES string of the molecule is CC(C)Oc1ccc(C(=O)OCC(=O)NC[C@@H]2CCCO2)cc1. The molecule has 1 aromatic rings. The standard InChI is InChI=1S/C17H23NO5/c1-12(2)23-14-7-5-13(6-8-14)17(20)22-11-16(19)18-10-15-4-3-9-21-15/h5-8,12,15H,3-4,9-11H2,1-2H3,(H,18,19)/t15-/m0/s1. The second-order valence-electron chi connectivity index (χ2n) is 5.71. The average molecular weight is 321 g/mol. The zero-order valence-corrected chi connectivity index (χ0v) is 13.5. The van der Waals surface area contributed by atoms with Crippen LogP contribution in [0.25, 0.3) is 0 Å². The van der Waals surface area contributed by atoms with E-state index in [1.54, 1.807) is 24.3 Å². The van der Waals surface area contributed by atoms with Crippen molar-refractivity contribution in [1.82, 2.24) is 5.32 Å². The summed E-state index contributed by atoms with van der Waals surface area (Å²) in [4.78, 5) is 23.5. The van der Waals surface area contributed by atoms with Crippen molar-refractivity contribution in [1.29, 1.82) is 0 Å². The molecule has 6 heteroatoms. The largest absolute Gasteiger partial charge is 0.491 e. The molecule has 23 heavy (non-hydrogen) atoms. The first kappa shape index (κ1) is 17.3. The zero-order chi connectivity index (χ0) is 16.7. The van der Waals surface area contributed by atoms with E-state index in [-0.39, 0.29) is 24.7 Å². The number of nitrogens with one attached hydrogen (secondary N) is 1. The Morgan fingerprint density at radius 1 is 1.30 bits per heavy atom. The van der Waals surface area contributed by atoms with Crippen LogP contribution in [0.3, 0.4) is 0 Å². The van der Waals surface area contributed by atoms with E-state index in [4.69, 9.17) is 14.2 Å². The van der Waals surface area contributed by atoms with E-state index < -0.39 is 5.97 Å². The normalized spacial score (nSPS) is 17.1. The summed E-state index contributed by atoms with van der Waals surface area (Å²) in [6.07, 6.45) is 2.11. The van der Waals surface area contributed by atoms with E-state index in [9.17, 15) is 9.59 Å². The summed E-state index contributed by atoms with van der Waals surface area (Å²) in [5.74, 6) is -0.173. The Balaban J connectivity index is 1.71. The number of hydrogen-bond acceptors (Lipinski definition) is 5. The summed E-state index contributed by atoms with van der Waals surface area (Å²) >= 11 is 0.